The van der Waals surface area contributed by atoms with E-state index in [0.717, 1.165) is 29.9 Å². The Bertz CT molecular complexity index is 1050. The highest BCUT2D eigenvalue weighted by molar-refractivity contribution is 6.02. The van der Waals surface area contributed by atoms with Crippen molar-refractivity contribution in [3.8, 4) is 11.5 Å². The number of morpholine rings is 1. The zero-order chi connectivity index (χ0) is 25.6. The molecular formula is C27H37N3O5. The van der Waals surface area contributed by atoms with Gasteiger partial charge in [0.15, 0.2) is 0 Å². The molecule has 0 saturated carbocycles. The summed E-state index contributed by atoms with van der Waals surface area (Å²) in [6.07, 6.45) is 0. The van der Waals surface area contributed by atoms with Crippen molar-refractivity contribution in [1.82, 2.24) is 4.90 Å². The van der Waals surface area contributed by atoms with Gasteiger partial charge >= 0.3 is 0 Å². The lowest BCUT2D eigenvalue weighted by molar-refractivity contribution is 0.0301. The standard InChI is InChI=1S/C27H37N3O5/c1-6-29(7-2)24-11-8-19(16-22(24)27(3,4)5)23(28-33)18-35-20-9-10-21(25(31)17-20)26(32)30-12-14-34-15-13-30/h8-11,16-17,31,33H,6-7,12-15,18H2,1-5H3. The Kier molecular flexibility index (Phi) is 8.62. The summed E-state index contributed by atoms with van der Waals surface area (Å²) in [6, 6.07) is 10.6. The van der Waals surface area contributed by atoms with Crippen LogP contribution in [0.5, 0.6) is 11.5 Å². The second-order valence-corrected chi connectivity index (χ2v) is 9.57. The molecule has 0 aliphatic carbocycles. The van der Waals surface area contributed by atoms with Crippen molar-refractivity contribution in [3.05, 3.63) is 53.1 Å². The molecule has 190 valence electrons. The number of hydrogen-bond acceptors (Lipinski definition) is 7. The maximum Gasteiger partial charge on any atom is 0.257 e. The van der Waals surface area contributed by atoms with Gasteiger partial charge in [-0.2, -0.15) is 0 Å². The Morgan fingerprint density at radius 2 is 1.80 bits per heavy atom. The lowest BCUT2D eigenvalue weighted by Crippen LogP contribution is -2.40. The van der Waals surface area contributed by atoms with Crippen LogP contribution in [0.2, 0.25) is 0 Å². The van der Waals surface area contributed by atoms with Crippen LogP contribution in [0.4, 0.5) is 5.69 Å². The molecule has 2 aromatic carbocycles. The number of benzene rings is 2. The number of carbonyl (C=O) groups excluding carboxylic acids is 1. The average molecular weight is 484 g/mol. The monoisotopic (exact) mass is 483 g/mol. The van der Waals surface area contributed by atoms with Crippen molar-refractivity contribution >= 4 is 17.3 Å². The van der Waals surface area contributed by atoms with Gasteiger partial charge in [0.05, 0.1) is 18.8 Å². The van der Waals surface area contributed by atoms with E-state index < -0.39 is 0 Å². The molecule has 1 amide bonds. The van der Waals surface area contributed by atoms with Crippen LogP contribution in [0, 0.1) is 0 Å². The molecule has 0 atom stereocenters. The molecule has 0 spiro atoms. The number of phenolic OH excluding ortho intramolecular Hbond substituents is 1. The van der Waals surface area contributed by atoms with E-state index in [4.69, 9.17) is 9.47 Å². The van der Waals surface area contributed by atoms with Crippen molar-refractivity contribution in [2.45, 2.75) is 40.0 Å². The fraction of sp³-hybridized carbons (Fsp3) is 0.481. The van der Waals surface area contributed by atoms with E-state index >= 15 is 0 Å². The third-order valence-corrected chi connectivity index (χ3v) is 6.24. The van der Waals surface area contributed by atoms with E-state index in [1.54, 1.807) is 17.0 Å². The molecule has 0 bridgehead atoms. The molecule has 8 nitrogen and oxygen atoms in total. The third-order valence-electron chi connectivity index (χ3n) is 6.24. The predicted octanol–water partition coefficient (Wildman–Crippen LogP) is 4.27. The minimum Gasteiger partial charge on any atom is -0.507 e. The van der Waals surface area contributed by atoms with E-state index in [9.17, 15) is 15.1 Å². The van der Waals surface area contributed by atoms with Crippen molar-refractivity contribution in [2.24, 2.45) is 5.16 Å². The van der Waals surface area contributed by atoms with E-state index in [1.165, 1.54) is 6.07 Å². The first-order valence-electron chi connectivity index (χ1n) is 12.1. The smallest absolute Gasteiger partial charge is 0.257 e. The molecule has 1 aliphatic heterocycles. The minimum atomic E-state index is -0.238. The Balaban J connectivity index is 1.77. The molecule has 8 heteroatoms. The molecule has 3 rings (SSSR count). The first kappa shape index (κ1) is 26.3. The van der Waals surface area contributed by atoms with Crippen molar-refractivity contribution in [3.63, 3.8) is 0 Å². The second-order valence-electron chi connectivity index (χ2n) is 9.57. The van der Waals surface area contributed by atoms with Gasteiger partial charge in [0.2, 0.25) is 0 Å². The summed E-state index contributed by atoms with van der Waals surface area (Å²) in [5.74, 6) is -0.0176. The summed E-state index contributed by atoms with van der Waals surface area (Å²) in [5, 5.41) is 23.7. The Labute approximate surface area is 207 Å². The average Bonchev–Trinajstić information content (AvgIpc) is 2.85. The normalized spacial score (nSPS) is 14.7. The molecule has 0 aromatic heterocycles. The lowest BCUT2D eigenvalue weighted by atomic mass is 9.84. The van der Waals surface area contributed by atoms with Gasteiger partial charge in [0.1, 0.15) is 23.8 Å². The van der Waals surface area contributed by atoms with Crippen LogP contribution in [0.1, 0.15) is 56.1 Å². The topological polar surface area (TPSA) is 94.8 Å². The van der Waals surface area contributed by atoms with Gasteiger partial charge in [-0.15, -0.1) is 0 Å². The SMILES string of the molecule is CCN(CC)c1ccc(C(COc2ccc(C(=O)N3CCOCC3)c(O)c2)=NO)cc1C(C)(C)C. The largest absolute Gasteiger partial charge is 0.507 e. The number of nitrogens with zero attached hydrogens (tertiary/aromatic N) is 3. The van der Waals surface area contributed by atoms with Crippen LogP contribution in [0.15, 0.2) is 41.6 Å². The summed E-state index contributed by atoms with van der Waals surface area (Å²) in [4.78, 5) is 16.6. The van der Waals surface area contributed by atoms with E-state index in [-0.39, 0.29) is 29.2 Å². The van der Waals surface area contributed by atoms with Crippen molar-refractivity contribution in [2.75, 3.05) is 50.9 Å². The van der Waals surface area contributed by atoms with Gasteiger partial charge < -0.3 is 29.6 Å². The second kappa shape index (κ2) is 11.4. The number of aromatic hydroxyl groups is 1. The van der Waals surface area contributed by atoms with Crippen molar-refractivity contribution in [1.29, 1.82) is 0 Å². The minimum absolute atomic E-state index is 0.000889. The van der Waals surface area contributed by atoms with Gasteiger partial charge in [-0.3, -0.25) is 4.79 Å². The summed E-state index contributed by atoms with van der Waals surface area (Å²) >= 11 is 0. The maximum atomic E-state index is 12.7. The molecule has 1 aliphatic rings. The van der Waals surface area contributed by atoms with Gasteiger partial charge in [0.25, 0.3) is 5.91 Å². The van der Waals surface area contributed by atoms with Crippen LogP contribution >= 0.6 is 0 Å². The Morgan fingerprint density at radius 1 is 1.11 bits per heavy atom. The molecule has 35 heavy (non-hydrogen) atoms. The number of anilines is 1. The predicted molar refractivity (Wildman–Crippen MR) is 137 cm³/mol. The fourth-order valence-corrected chi connectivity index (χ4v) is 4.20. The number of carbonyl (C=O) groups is 1. The summed E-state index contributed by atoms with van der Waals surface area (Å²) in [5.41, 5.74) is 3.56. The van der Waals surface area contributed by atoms with Crippen LogP contribution < -0.4 is 9.64 Å². The summed E-state index contributed by atoms with van der Waals surface area (Å²) in [7, 11) is 0. The first-order chi connectivity index (χ1) is 16.7. The quantitative estimate of drug-likeness (QED) is 0.331. The number of oxime groups is 1. The number of phenols is 1. The molecule has 2 aromatic rings. The van der Waals surface area contributed by atoms with Gasteiger partial charge in [-0.25, -0.2) is 0 Å². The van der Waals surface area contributed by atoms with E-state index in [1.807, 2.05) is 12.1 Å². The summed E-state index contributed by atoms with van der Waals surface area (Å²) in [6.45, 7) is 14.5. The van der Waals surface area contributed by atoms with E-state index in [2.05, 4.69) is 50.7 Å². The molecule has 2 N–H and O–H groups in total. The molecule has 1 heterocycles. The van der Waals surface area contributed by atoms with E-state index in [0.29, 0.717) is 37.8 Å². The number of amides is 1. The number of ether oxygens (including phenoxy) is 2. The van der Waals surface area contributed by atoms with Gasteiger partial charge in [-0.05, 0) is 49.1 Å². The highest BCUT2D eigenvalue weighted by atomic mass is 16.5. The molecule has 0 radical (unpaired) electrons. The number of rotatable bonds is 8. The maximum absolute atomic E-state index is 12.7. The van der Waals surface area contributed by atoms with Crippen LogP contribution in [-0.4, -0.2) is 72.8 Å². The first-order valence-corrected chi connectivity index (χ1v) is 12.1. The van der Waals surface area contributed by atoms with Crippen LogP contribution in [0.3, 0.4) is 0 Å². The molecule has 0 unspecified atom stereocenters. The Morgan fingerprint density at radius 3 is 2.37 bits per heavy atom. The third kappa shape index (κ3) is 6.25. The highest BCUT2D eigenvalue weighted by Gasteiger charge is 2.23. The lowest BCUT2D eigenvalue weighted by Gasteiger charge is -2.30. The highest BCUT2D eigenvalue weighted by Crippen LogP contribution is 2.33. The van der Waals surface area contributed by atoms with Crippen LogP contribution in [-0.2, 0) is 10.2 Å². The van der Waals surface area contributed by atoms with Gasteiger partial charge in [0, 0.05) is 43.5 Å². The Hall–Kier alpha value is -3.26. The molecule has 1 saturated heterocycles. The molecule has 1 fully saturated rings. The zero-order valence-corrected chi connectivity index (χ0v) is 21.4. The summed E-state index contributed by atoms with van der Waals surface area (Å²) < 4.78 is 11.1. The zero-order valence-electron chi connectivity index (χ0n) is 21.4. The molecular weight excluding hydrogens is 446 g/mol. The van der Waals surface area contributed by atoms with Gasteiger partial charge in [-0.1, -0.05) is 32.0 Å². The fourth-order valence-electron chi connectivity index (χ4n) is 4.20. The van der Waals surface area contributed by atoms with Crippen LogP contribution in [0.25, 0.3) is 0 Å². The number of hydrogen-bond donors (Lipinski definition) is 2. The van der Waals surface area contributed by atoms with Crippen molar-refractivity contribution < 1.29 is 24.6 Å².